The molecule has 0 radical (unpaired) electrons. The van der Waals surface area contributed by atoms with Crippen molar-refractivity contribution >= 4 is 40.1 Å². The van der Waals surface area contributed by atoms with Crippen molar-refractivity contribution in [2.45, 2.75) is 51.2 Å². The Bertz CT molecular complexity index is 1390. The third kappa shape index (κ3) is 4.46. The molecule has 1 saturated heterocycles. The molecular formula is C27H31ClN6S. The molecule has 1 fully saturated rings. The largest absolute Gasteiger partial charge is 0.337 e. The van der Waals surface area contributed by atoms with E-state index in [1.807, 2.05) is 11.6 Å². The minimum absolute atomic E-state index is 0.701. The predicted octanol–water partition coefficient (Wildman–Crippen LogP) is 6.04. The van der Waals surface area contributed by atoms with Gasteiger partial charge < -0.3 is 13.4 Å². The van der Waals surface area contributed by atoms with E-state index in [0.717, 1.165) is 29.9 Å². The van der Waals surface area contributed by atoms with Crippen LogP contribution in [-0.4, -0.2) is 37.3 Å². The number of halogens is 1. The van der Waals surface area contributed by atoms with Crippen LogP contribution in [0.4, 0.5) is 5.69 Å². The number of aromatic nitrogens is 4. The molecule has 4 aromatic rings. The summed E-state index contributed by atoms with van der Waals surface area (Å²) in [5.41, 5.74) is 6.18. The van der Waals surface area contributed by atoms with E-state index in [1.54, 1.807) is 18.3 Å². The zero-order chi connectivity index (χ0) is 24.1. The molecule has 6 rings (SSSR count). The van der Waals surface area contributed by atoms with E-state index < -0.39 is 0 Å². The number of rotatable bonds is 5. The van der Waals surface area contributed by atoms with E-state index in [2.05, 4.69) is 74.2 Å². The summed E-state index contributed by atoms with van der Waals surface area (Å²) in [5.74, 6) is 1.73. The standard InChI is InChI=1S/C27H31ClN6S/c1-18-5-4-8-32(13-18)14-20-10-24(28)23-15-34(35-26(23)11-20)22-7-6-21-9-19(2)33(25(21)12-22)16-27-30-29-17-31(27)3/h6-7,9-12,17-18H,4-5,8,13-16H2,1-3H3. The summed E-state index contributed by atoms with van der Waals surface area (Å²) in [6, 6.07) is 13.5. The molecule has 4 heterocycles. The number of likely N-dealkylation sites (tertiary alicyclic amines) is 1. The molecule has 6 nitrogen and oxygen atoms in total. The molecule has 1 atom stereocenters. The molecule has 0 saturated carbocycles. The van der Waals surface area contributed by atoms with Gasteiger partial charge in [-0.25, -0.2) is 0 Å². The van der Waals surface area contributed by atoms with Crippen LogP contribution in [0.2, 0.25) is 5.02 Å². The first-order valence-electron chi connectivity index (χ1n) is 12.4. The van der Waals surface area contributed by atoms with Crippen molar-refractivity contribution in [1.82, 2.24) is 24.2 Å². The first-order valence-corrected chi connectivity index (χ1v) is 13.5. The molecular weight excluding hydrogens is 476 g/mol. The lowest BCUT2D eigenvalue weighted by atomic mass is 9.99. The summed E-state index contributed by atoms with van der Waals surface area (Å²) in [6.45, 7) is 9.38. The molecule has 1 unspecified atom stereocenters. The SMILES string of the molecule is Cc1cc2ccc(N3Cc4c(Cl)cc(CN5CCCC(C)C5)cc4S3)cc2n1Cc1nncn1C. The highest BCUT2D eigenvalue weighted by molar-refractivity contribution is 8.01. The van der Waals surface area contributed by atoms with E-state index in [4.69, 9.17) is 11.6 Å². The molecule has 182 valence electrons. The first-order chi connectivity index (χ1) is 16.9. The Labute approximate surface area is 216 Å². The number of anilines is 1. The minimum Gasteiger partial charge on any atom is -0.337 e. The van der Waals surface area contributed by atoms with Crippen molar-refractivity contribution < 1.29 is 0 Å². The number of hydrogen-bond acceptors (Lipinski definition) is 5. The van der Waals surface area contributed by atoms with Crippen LogP contribution in [0.5, 0.6) is 0 Å². The Kier molecular flexibility index (Phi) is 6.03. The lowest BCUT2D eigenvalue weighted by Crippen LogP contribution is -2.33. The molecule has 2 aromatic carbocycles. The van der Waals surface area contributed by atoms with Crippen molar-refractivity contribution in [3.63, 3.8) is 0 Å². The second-order valence-electron chi connectivity index (χ2n) is 10.1. The minimum atomic E-state index is 0.701. The Morgan fingerprint density at radius 3 is 2.83 bits per heavy atom. The highest BCUT2D eigenvalue weighted by Gasteiger charge is 2.25. The molecule has 2 aromatic heterocycles. The Morgan fingerprint density at radius 2 is 2.03 bits per heavy atom. The highest BCUT2D eigenvalue weighted by Crippen LogP contribution is 2.44. The fourth-order valence-corrected chi connectivity index (χ4v) is 6.95. The number of fused-ring (bicyclic) bond motifs is 2. The molecule has 35 heavy (non-hydrogen) atoms. The smallest absolute Gasteiger partial charge is 0.152 e. The van der Waals surface area contributed by atoms with Gasteiger partial charge >= 0.3 is 0 Å². The summed E-state index contributed by atoms with van der Waals surface area (Å²) in [7, 11) is 1.99. The number of nitrogens with zero attached hydrogens (tertiary/aromatic N) is 6. The highest BCUT2D eigenvalue weighted by atomic mass is 35.5. The first kappa shape index (κ1) is 23.0. The van der Waals surface area contributed by atoms with E-state index >= 15 is 0 Å². The van der Waals surface area contributed by atoms with Gasteiger partial charge in [0.05, 0.1) is 18.6 Å². The molecule has 2 aliphatic heterocycles. The van der Waals surface area contributed by atoms with Gasteiger partial charge in [0.15, 0.2) is 5.82 Å². The van der Waals surface area contributed by atoms with Crippen molar-refractivity contribution in [2.75, 3.05) is 17.4 Å². The average molecular weight is 507 g/mol. The van der Waals surface area contributed by atoms with Crippen LogP contribution in [0.3, 0.4) is 0 Å². The summed E-state index contributed by atoms with van der Waals surface area (Å²) >= 11 is 8.62. The van der Waals surface area contributed by atoms with Crippen molar-refractivity contribution in [3.05, 3.63) is 70.4 Å². The second kappa shape index (κ2) is 9.19. The van der Waals surface area contributed by atoms with Crippen molar-refractivity contribution in [2.24, 2.45) is 13.0 Å². The van der Waals surface area contributed by atoms with Gasteiger partial charge in [0, 0.05) is 52.4 Å². The number of benzene rings is 2. The van der Waals surface area contributed by atoms with Gasteiger partial charge in [0.1, 0.15) is 6.33 Å². The van der Waals surface area contributed by atoms with Crippen LogP contribution in [0.15, 0.2) is 47.6 Å². The fraction of sp³-hybridized carbons (Fsp3) is 0.407. The Balaban J connectivity index is 1.25. The lowest BCUT2D eigenvalue weighted by molar-refractivity contribution is 0.176. The van der Waals surface area contributed by atoms with Crippen LogP contribution < -0.4 is 4.31 Å². The summed E-state index contributed by atoms with van der Waals surface area (Å²) in [6.07, 6.45) is 4.39. The monoisotopic (exact) mass is 506 g/mol. The van der Waals surface area contributed by atoms with Crippen LogP contribution in [0, 0.1) is 12.8 Å². The zero-order valence-corrected chi connectivity index (χ0v) is 22.1. The van der Waals surface area contributed by atoms with Gasteiger partial charge in [0.2, 0.25) is 0 Å². The van der Waals surface area contributed by atoms with Crippen molar-refractivity contribution in [3.8, 4) is 0 Å². The third-order valence-electron chi connectivity index (χ3n) is 7.36. The summed E-state index contributed by atoms with van der Waals surface area (Å²) < 4.78 is 6.66. The summed E-state index contributed by atoms with van der Waals surface area (Å²) in [5, 5.41) is 10.5. The van der Waals surface area contributed by atoms with Gasteiger partial charge in [-0.05, 0) is 80.1 Å². The Morgan fingerprint density at radius 1 is 1.14 bits per heavy atom. The maximum absolute atomic E-state index is 6.81. The topological polar surface area (TPSA) is 42.1 Å². The molecule has 2 aliphatic rings. The van der Waals surface area contributed by atoms with Crippen molar-refractivity contribution in [1.29, 1.82) is 0 Å². The molecule has 0 amide bonds. The molecule has 0 N–H and O–H groups in total. The summed E-state index contributed by atoms with van der Waals surface area (Å²) in [4.78, 5) is 3.86. The molecule has 0 bridgehead atoms. The fourth-order valence-electron chi connectivity index (χ4n) is 5.46. The number of piperidine rings is 1. The number of hydrogen-bond donors (Lipinski definition) is 0. The number of aryl methyl sites for hydroxylation is 2. The van der Waals surface area contributed by atoms with Gasteiger partial charge in [-0.3, -0.25) is 4.90 Å². The average Bonchev–Trinajstić information content (AvgIpc) is 3.51. The second-order valence-corrected chi connectivity index (χ2v) is 11.6. The van der Waals surface area contributed by atoms with E-state index in [9.17, 15) is 0 Å². The van der Waals surface area contributed by atoms with E-state index in [-0.39, 0.29) is 0 Å². The van der Waals surface area contributed by atoms with Crippen LogP contribution >= 0.6 is 23.5 Å². The maximum Gasteiger partial charge on any atom is 0.152 e. The quantitative estimate of drug-likeness (QED) is 0.309. The normalized spacial score (nSPS) is 18.5. The van der Waals surface area contributed by atoms with Crippen LogP contribution in [0.1, 0.15) is 42.4 Å². The third-order valence-corrected chi connectivity index (χ3v) is 8.82. The Hall–Kier alpha value is -2.48. The van der Waals surface area contributed by atoms with Gasteiger partial charge in [-0.15, -0.1) is 10.2 Å². The van der Waals surface area contributed by atoms with Crippen LogP contribution in [0.25, 0.3) is 10.9 Å². The lowest BCUT2D eigenvalue weighted by Gasteiger charge is -2.30. The molecule has 0 spiro atoms. The molecule has 0 aliphatic carbocycles. The van der Waals surface area contributed by atoms with Crippen LogP contribution in [-0.2, 0) is 26.7 Å². The van der Waals surface area contributed by atoms with E-state index in [0.29, 0.717) is 6.54 Å². The van der Waals surface area contributed by atoms with Gasteiger partial charge in [-0.1, -0.05) is 24.6 Å². The molecule has 8 heteroatoms. The van der Waals surface area contributed by atoms with Gasteiger partial charge in [-0.2, -0.15) is 0 Å². The predicted molar refractivity (Wildman–Crippen MR) is 144 cm³/mol. The van der Waals surface area contributed by atoms with Gasteiger partial charge in [0.25, 0.3) is 0 Å². The van der Waals surface area contributed by atoms with E-state index in [1.165, 1.54) is 64.2 Å². The zero-order valence-electron chi connectivity index (χ0n) is 20.5. The maximum atomic E-state index is 6.81.